The van der Waals surface area contributed by atoms with Crippen LogP contribution in [0, 0.1) is 5.82 Å². The van der Waals surface area contributed by atoms with Crippen molar-refractivity contribution in [1.29, 1.82) is 0 Å². The van der Waals surface area contributed by atoms with E-state index in [0.29, 0.717) is 6.20 Å². The summed E-state index contributed by atoms with van der Waals surface area (Å²) >= 11 is 0. The molecule has 1 aromatic rings. The van der Waals surface area contributed by atoms with Crippen LogP contribution in [0.25, 0.3) is 0 Å². The van der Waals surface area contributed by atoms with Crippen molar-refractivity contribution in [1.82, 2.24) is 4.98 Å². The third-order valence-electron chi connectivity index (χ3n) is 1.82. The Kier molecular flexibility index (Phi) is 3.46. The number of alkyl halides is 3. The van der Waals surface area contributed by atoms with E-state index in [4.69, 9.17) is 0 Å². The van der Waals surface area contributed by atoms with Crippen LogP contribution in [0.15, 0.2) is 12.3 Å². The molecule has 0 aromatic carbocycles. The number of pyridine rings is 1. The van der Waals surface area contributed by atoms with E-state index < -0.39 is 35.6 Å². The number of esters is 1. The molecule has 0 aliphatic rings. The summed E-state index contributed by atoms with van der Waals surface area (Å²) in [5.41, 5.74) is -2.21. The smallest absolute Gasteiger partial charge is 0.433 e. The van der Waals surface area contributed by atoms with E-state index in [9.17, 15) is 22.4 Å². The second kappa shape index (κ2) is 4.46. The third kappa shape index (κ3) is 2.68. The van der Waals surface area contributed by atoms with Gasteiger partial charge in [-0.1, -0.05) is 0 Å². The Hall–Kier alpha value is -1.66. The highest BCUT2D eigenvalue weighted by molar-refractivity contribution is 5.72. The van der Waals surface area contributed by atoms with Gasteiger partial charge in [-0.15, -0.1) is 0 Å². The van der Waals surface area contributed by atoms with Gasteiger partial charge in [0.2, 0.25) is 0 Å². The van der Waals surface area contributed by atoms with Crippen LogP contribution in [0.4, 0.5) is 17.6 Å². The van der Waals surface area contributed by atoms with E-state index in [1.165, 1.54) is 0 Å². The maximum atomic E-state index is 13.1. The molecule has 88 valence electrons. The van der Waals surface area contributed by atoms with Crippen molar-refractivity contribution in [2.24, 2.45) is 0 Å². The Morgan fingerprint density at radius 3 is 2.62 bits per heavy atom. The van der Waals surface area contributed by atoms with Gasteiger partial charge in [-0.05, 0) is 6.07 Å². The first-order chi connectivity index (χ1) is 7.36. The molecule has 0 radical (unpaired) electrons. The minimum Gasteiger partial charge on any atom is -0.469 e. The maximum Gasteiger partial charge on any atom is 0.433 e. The van der Waals surface area contributed by atoms with Gasteiger partial charge in [-0.2, -0.15) is 13.2 Å². The van der Waals surface area contributed by atoms with E-state index in [0.717, 1.165) is 13.2 Å². The number of rotatable bonds is 2. The molecule has 0 unspecified atom stereocenters. The van der Waals surface area contributed by atoms with E-state index >= 15 is 0 Å². The molecule has 0 atom stereocenters. The molecule has 0 bridgehead atoms. The first-order valence-electron chi connectivity index (χ1n) is 4.13. The number of methoxy groups -OCH3 is 1. The summed E-state index contributed by atoms with van der Waals surface area (Å²) in [4.78, 5) is 13.9. The SMILES string of the molecule is COC(=O)Cc1c(F)ccnc1C(F)(F)F. The van der Waals surface area contributed by atoms with Gasteiger partial charge in [-0.25, -0.2) is 4.39 Å². The standard InChI is InChI=1S/C9H7F4NO2/c1-16-7(15)4-5-6(10)2-3-14-8(5)9(11,12)13/h2-3H,4H2,1H3. The second-order valence-corrected chi connectivity index (χ2v) is 2.87. The average Bonchev–Trinajstić information content (AvgIpc) is 2.19. The van der Waals surface area contributed by atoms with Gasteiger partial charge in [0.25, 0.3) is 0 Å². The number of halogens is 4. The molecular weight excluding hydrogens is 230 g/mol. The number of aromatic nitrogens is 1. The summed E-state index contributed by atoms with van der Waals surface area (Å²) in [6.07, 6.45) is -4.91. The lowest BCUT2D eigenvalue weighted by Crippen LogP contribution is -2.17. The van der Waals surface area contributed by atoms with E-state index in [2.05, 4.69) is 9.72 Å². The molecule has 0 spiro atoms. The Morgan fingerprint density at radius 2 is 2.12 bits per heavy atom. The van der Waals surface area contributed by atoms with Crippen LogP contribution >= 0.6 is 0 Å². The molecule has 0 aliphatic carbocycles. The van der Waals surface area contributed by atoms with Crippen molar-refractivity contribution in [3.05, 3.63) is 29.3 Å². The molecular formula is C9H7F4NO2. The van der Waals surface area contributed by atoms with E-state index in [-0.39, 0.29) is 0 Å². The zero-order chi connectivity index (χ0) is 12.3. The third-order valence-corrected chi connectivity index (χ3v) is 1.82. The fourth-order valence-electron chi connectivity index (χ4n) is 1.10. The predicted octanol–water partition coefficient (Wildman–Crippen LogP) is 1.95. The minimum absolute atomic E-state index is 0.693. The molecule has 16 heavy (non-hydrogen) atoms. The largest absolute Gasteiger partial charge is 0.469 e. The summed E-state index contributed by atoms with van der Waals surface area (Å²) in [6.45, 7) is 0. The van der Waals surface area contributed by atoms with Crippen LogP contribution in [-0.2, 0) is 22.1 Å². The fraction of sp³-hybridized carbons (Fsp3) is 0.333. The summed E-state index contributed by atoms with van der Waals surface area (Å²) in [7, 11) is 1.00. The zero-order valence-electron chi connectivity index (χ0n) is 8.14. The molecule has 0 fully saturated rings. The molecule has 0 aliphatic heterocycles. The van der Waals surface area contributed by atoms with Gasteiger partial charge in [0, 0.05) is 11.8 Å². The van der Waals surface area contributed by atoms with Crippen molar-refractivity contribution < 1.29 is 27.1 Å². The fourth-order valence-corrected chi connectivity index (χ4v) is 1.10. The highest BCUT2D eigenvalue weighted by Crippen LogP contribution is 2.31. The van der Waals surface area contributed by atoms with Crippen molar-refractivity contribution in [2.75, 3.05) is 7.11 Å². The van der Waals surface area contributed by atoms with Crippen molar-refractivity contribution in [2.45, 2.75) is 12.6 Å². The number of carbonyl (C=O) groups is 1. The van der Waals surface area contributed by atoms with Crippen molar-refractivity contribution in [3.63, 3.8) is 0 Å². The number of hydrogen-bond acceptors (Lipinski definition) is 3. The average molecular weight is 237 g/mol. The van der Waals surface area contributed by atoms with Gasteiger partial charge >= 0.3 is 12.1 Å². The van der Waals surface area contributed by atoms with Crippen molar-refractivity contribution in [3.8, 4) is 0 Å². The monoisotopic (exact) mass is 237 g/mol. The first-order valence-corrected chi connectivity index (χ1v) is 4.13. The quantitative estimate of drug-likeness (QED) is 0.583. The molecule has 0 saturated heterocycles. The molecule has 0 saturated carbocycles. The Bertz CT molecular complexity index is 403. The van der Waals surface area contributed by atoms with Gasteiger partial charge in [0.05, 0.1) is 13.5 Å². The van der Waals surface area contributed by atoms with E-state index in [1.807, 2.05) is 0 Å². The zero-order valence-corrected chi connectivity index (χ0v) is 8.14. The summed E-state index contributed by atoms with van der Waals surface area (Å²) in [5.74, 6) is -2.09. The molecule has 3 nitrogen and oxygen atoms in total. The molecule has 0 N–H and O–H groups in total. The summed E-state index contributed by atoms with van der Waals surface area (Å²) < 4.78 is 54.5. The van der Waals surface area contributed by atoms with Crippen LogP contribution in [0.1, 0.15) is 11.3 Å². The first kappa shape index (κ1) is 12.4. The Morgan fingerprint density at radius 1 is 1.50 bits per heavy atom. The van der Waals surface area contributed by atoms with Gasteiger partial charge in [-0.3, -0.25) is 9.78 Å². The normalized spacial score (nSPS) is 11.3. The molecule has 1 rings (SSSR count). The second-order valence-electron chi connectivity index (χ2n) is 2.87. The van der Waals surface area contributed by atoms with Crippen LogP contribution in [-0.4, -0.2) is 18.1 Å². The van der Waals surface area contributed by atoms with E-state index in [1.54, 1.807) is 0 Å². The number of hydrogen-bond donors (Lipinski definition) is 0. The highest BCUT2D eigenvalue weighted by Gasteiger charge is 2.37. The van der Waals surface area contributed by atoms with Crippen molar-refractivity contribution >= 4 is 5.97 Å². The number of ether oxygens (including phenoxy) is 1. The van der Waals surface area contributed by atoms with Crippen LogP contribution < -0.4 is 0 Å². The predicted molar refractivity (Wildman–Crippen MR) is 44.9 cm³/mol. The lowest BCUT2D eigenvalue weighted by Gasteiger charge is -2.11. The van der Waals surface area contributed by atoms with Gasteiger partial charge in [0.1, 0.15) is 5.82 Å². The summed E-state index contributed by atoms with van der Waals surface area (Å²) in [5, 5.41) is 0. The summed E-state index contributed by atoms with van der Waals surface area (Å²) in [6, 6.07) is 0.757. The molecule has 7 heteroatoms. The topological polar surface area (TPSA) is 39.2 Å². The molecule has 1 heterocycles. The Balaban J connectivity index is 3.19. The Labute approximate surface area is 88.0 Å². The lowest BCUT2D eigenvalue weighted by atomic mass is 10.1. The number of nitrogens with zero attached hydrogens (tertiary/aromatic N) is 1. The lowest BCUT2D eigenvalue weighted by molar-refractivity contribution is -0.143. The number of carbonyl (C=O) groups excluding carboxylic acids is 1. The van der Waals surface area contributed by atoms with Gasteiger partial charge in [0.15, 0.2) is 5.69 Å². The molecule has 0 amide bonds. The minimum atomic E-state index is -4.80. The van der Waals surface area contributed by atoms with Crippen LogP contribution in [0.2, 0.25) is 0 Å². The van der Waals surface area contributed by atoms with Crippen LogP contribution in [0.5, 0.6) is 0 Å². The maximum absolute atomic E-state index is 13.1. The van der Waals surface area contributed by atoms with Crippen LogP contribution in [0.3, 0.4) is 0 Å². The van der Waals surface area contributed by atoms with Gasteiger partial charge < -0.3 is 4.74 Å². The molecule has 1 aromatic heterocycles. The highest BCUT2D eigenvalue weighted by atomic mass is 19.4.